The molecule has 0 saturated carbocycles. The number of carbonyl (C=O) groups excluding carboxylic acids is 1. The van der Waals surface area contributed by atoms with Crippen LogP contribution >= 0.6 is 0 Å². The van der Waals surface area contributed by atoms with Gasteiger partial charge in [-0.25, -0.2) is 4.79 Å². The minimum Gasteiger partial charge on any atom is -0.485 e. The van der Waals surface area contributed by atoms with Crippen LogP contribution in [0, 0.1) is 5.92 Å². The van der Waals surface area contributed by atoms with Crippen LogP contribution < -0.4 is 9.47 Å². The Morgan fingerprint density at radius 3 is 2.67 bits per heavy atom. The maximum absolute atomic E-state index is 12.3. The Hall–Kier alpha value is -1.75. The van der Waals surface area contributed by atoms with Gasteiger partial charge in [0.1, 0.15) is 12.7 Å². The average Bonchev–Trinajstić information content (AvgIpc) is 2.55. The molecular formula is C16H19NO4. The number of hydrogen-bond donors (Lipinski definition) is 0. The zero-order chi connectivity index (χ0) is 14.2. The molecule has 0 aromatic heterocycles. The Bertz CT molecular complexity index is 539. The van der Waals surface area contributed by atoms with E-state index in [1.54, 1.807) is 0 Å². The number of rotatable bonds is 2. The lowest BCUT2D eigenvalue weighted by atomic mass is 9.86. The van der Waals surface area contributed by atoms with Crippen LogP contribution in [0.4, 0.5) is 0 Å². The summed E-state index contributed by atoms with van der Waals surface area (Å²) in [5.74, 6) is 1.50. The van der Waals surface area contributed by atoms with Gasteiger partial charge in [-0.1, -0.05) is 12.1 Å². The highest BCUT2D eigenvalue weighted by Crippen LogP contribution is 2.33. The minimum absolute atomic E-state index is 0.0146. The zero-order valence-corrected chi connectivity index (χ0v) is 11.9. The highest BCUT2D eigenvalue weighted by Gasteiger charge is 2.38. The van der Waals surface area contributed by atoms with Crippen LogP contribution in [0.3, 0.4) is 0 Å². The molecule has 0 radical (unpaired) electrons. The summed E-state index contributed by atoms with van der Waals surface area (Å²) in [6.07, 6.45) is 1.61. The molecule has 4 heterocycles. The number of esters is 1. The van der Waals surface area contributed by atoms with Gasteiger partial charge >= 0.3 is 5.97 Å². The third-order valence-corrected chi connectivity index (χ3v) is 4.64. The summed E-state index contributed by atoms with van der Waals surface area (Å²) in [4.78, 5) is 14.7. The van der Waals surface area contributed by atoms with Crippen LogP contribution in [-0.2, 0) is 9.53 Å². The van der Waals surface area contributed by atoms with E-state index in [-0.39, 0.29) is 18.7 Å². The van der Waals surface area contributed by atoms with Crippen molar-refractivity contribution in [1.82, 2.24) is 4.90 Å². The van der Waals surface area contributed by atoms with E-state index >= 15 is 0 Å². The SMILES string of the molecule is O=C(O[C@H]1CN2CCC1CC2)[C@H]1COc2ccccc2O1. The number of para-hydroxylation sites is 2. The Kier molecular flexibility index (Phi) is 3.22. The molecule has 21 heavy (non-hydrogen) atoms. The van der Waals surface area contributed by atoms with Crippen molar-refractivity contribution < 1.29 is 19.0 Å². The third kappa shape index (κ3) is 2.46. The second-order valence-electron chi connectivity index (χ2n) is 5.98. The third-order valence-electron chi connectivity index (χ3n) is 4.64. The fraction of sp³-hybridized carbons (Fsp3) is 0.562. The van der Waals surface area contributed by atoms with Crippen LogP contribution in [0.25, 0.3) is 0 Å². The molecule has 4 aliphatic rings. The molecule has 0 aliphatic carbocycles. The van der Waals surface area contributed by atoms with E-state index in [2.05, 4.69) is 4.90 Å². The second kappa shape index (κ2) is 5.22. The Morgan fingerprint density at radius 1 is 1.19 bits per heavy atom. The molecule has 1 aromatic carbocycles. The van der Waals surface area contributed by atoms with Crippen molar-refractivity contribution in [1.29, 1.82) is 0 Å². The number of nitrogens with zero attached hydrogens (tertiary/aromatic N) is 1. The molecular weight excluding hydrogens is 270 g/mol. The van der Waals surface area contributed by atoms with E-state index in [4.69, 9.17) is 14.2 Å². The number of fused-ring (bicyclic) bond motifs is 4. The molecule has 0 spiro atoms. The van der Waals surface area contributed by atoms with Gasteiger partial charge in [-0.3, -0.25) is 4.90 Å². The molecule has 5 nitrogen and oxygen atoms in total. The Morgan fingerprint density at radius 2 is 1.95 bits per heavy atom. The lowest BCUT2D eigenvalue weighted by Gasteiger charge is -2.44. The van der Waals surface area contributed by atoms with Crippen molar-refractivity contribution in [3.63, 3.8) is 0 Å². The first kappa shape index (κ1) is 13.0. The maximum atomic E-state index is 12.3. The van der Waals surface area contributed by atoms with Crippen LogP contribution in [0.5, 0.6) is 11.5 Å². The first-order valence-electron chi connectivity index (χ1n) is 7.61. The largest absolute Gasteiger partial charge is 0.485 e. The second-order valence-corrected chi connectivity index (χ2v) is 5.98. The Balaban J connectivity index is 1.40. The van der Waals surface area contributed by atoms with Gasteiger partial charge in [-0.15, -0.1) is 0 Å². The van der Waals surface area contributed by atoms with Crippen LogP contribution in [0.2, 0.25) is 0 Å². The summed E-state index contributed by atoms with van der Waals surface area (Å²) in [6.45, 7) is 3.35. The molecule has 0 N–H and O–H groups in total. The highest BCUT2D eigenvalue weighted by molar-refractivity contribution is 5.76. The summed E-state index contributed by atoms with van der Waals surface area (Å²) in [6, 6.07) is 7.39. The fourth-order valence-electron chi connectivity index (χ4n) is 3.41. The minimum atomic E-state index is -0.657. The van der Waals surface area contributed by atoms with E-state index in [9.17, 15) is 4.79 Å². The lowest BCUT2D eigenvalue weighted by Crippen LogP contribution is -2.53. The normalized spacial score (nSPS) is 33.5. The van der Waals surface area contributed by atoms with E-state index in [1.165, 1.54) is 0 Å². The fourth-order valence-corrected chi connectivity index (χ4v) is 3.41. The Labute approximate surface area is 123 Å². The molecule has 112 valence electrons. The molecule has 5 heteroatoms. The molecule has 3 fully saturated rings. The number of ether oxygens (including phenoxy) is 3. The van der Waals surface area contributed by atoms with Crippen molar-refractivity contribution in [3.8, 4) is 11.5 Å². The standard InChI is InChI=1S/C16H19NO4/c18-16(21-14-9-17-7-5-11(14)6-8-17)15-10-19-12-3-1-2-4-13(12)20-15/h1-4,11,14-15H,5-10H2/t14-,15+/m0/s1. The summed E-state index contributed by atoms with van der Waals surface area (Å²) in [5, 5.41) is 0. The molecule has 0 unspecified atom stereocenters. The van der Waals surface area contributed by atoms with Crippen molar-refractivity contribution in [2.75, 3.05) is 26.2 Å². The number of hydrogen-bond acceptors (Lipinski definition) is 5. The van der Waals surface area contributed by atoms with Crippen LogP contribution in [0.15, 0.2) is 24.3 Å². The van der Waals surface area contributed by atoms with Gasteiger partial charge in [-0.2, -0.15) is 0 Å². The predicted molar refractivity (Wildman–Crippen MR) is 75.4 cm³/mol. The molecule has 1 aromatic rings. The van der Waals surface area contributed by atoms with Crippen molar-refractivity contribution >= 4 is 5.97 Å². The molecule has 0 amide bonds. The van der Waals surface area contributed by atoms with Crippen LogP contribution in [-0.4, -0.2) is 49.3 Å². The zero-order valence-electron chi connectivity index (χ0n) is 11.9. The molecule has 3 saturated heterocycles. The first-order chi connectivity index (χ1) is 10.3. The predicted octanol–water partition coefficient (Wildman–Crippen LogP) is 1.46. The molecule has 4 aliphatic heterocycles. The van der Waals surface area contributed by atoms with Gasteiger partial charge in [0, 0.05) is 6.54 Å². The summed E-state index contributed by atoms with van der Waals surface area (Å²) in [7, 11) is 0. The summed E-state index contributed by atoms with van der Waals surface area (Å²) in [5.41, 5.74) is 0. The van der Waals surface area contributed by atoms with Crippen molar-refractivity contribution in [3.05, 3.63) is 24.3 Å². The van der Waals surface area contributed by atoms with Gasteiger partial charge in [0.15, 0.2) is 11.5 Å². The number of carbonyl (C=O) groups is 1. The number of benzene rings is 1. The van der Waals surface area contributed by atoms with E-state index in [0.29, 0.717) is 17.4 Å². The van der Waals surface area contributed by atoms with Gasteiger partial charge in [-0.05, 0) is 44.0 Å². The van der Waals surface area contributed by atoms with Gasteiger partial charge in [0.2, 0.25) is 6.10 Å². The average molecular weight is 289 g/mol. The molecule has 2 atom stereocenters. The highest BCUT2D eigenvalue weighted by atomic mass is 16.6. The maximum Gasteiger partial charge on any atom is 0.351 e. The van der Waals surface area contributed by atoms with Gasteiger partial charge in [0.25, 0.3) is 0 Å². The van der Waals surface area contributed by atoms with Crippen molar-refractivity contribution in [2.45, 2.75) is 25.0 Å². The smallest absolute Gasteiger partial charge is 0.351 e. The lowest BCUT2D eigenvalue weighted by molar-refractivity contribution is -0.169. The monoisotopic (exact) mass is 289 g/mol. The first-order valence-corrected chi connectivity index (χ1v) is 7.61. The summed E-state index contributed by atoms with van der Waals surface area (Å²) >= 11 is 0. The van der Waals surface area contributed by atoms with Gasteiger partial charge in [0.05, 0.1) is 0 Å². The van der Waals surface area contributed by atoms with E-state index < -0.39 is 6.10 Å². The molecule has 5 rings (SSSR count). The van der Waals surface area contributed by atoms with E-state index in [1.807, 2.05) is 24.3 Å². The van der Waals surface area contributed by atoms with Gasteiger partial charge < -0.3 is 14.2 Å². The topological polar surface area (TPSA) is 48.0 Å². The van der Waals surface area contributed by atoms with Crippen LogP contribution in [0.1, 0.15) is 12.8 Å². The molecule has 2 bridgehead atoms. The quantitative estimate of drug-likeness (QED) is 0.772. The summed E-state index contributed by atoms with van der Waals surface area (Å²) < 4.78 is 17.0. The van der Waals surface area contributed by atoms with Crippen molar-refractivity contribution in [2.24, 2.45) is 5.92 Å². The van der Waals surface area contributed by atoms with E-state index in [0.717, 1.165) is 32.5 Å². The number of piperidine rings is 3.